The van der Waals surface area contributed by atoms with Crippen LogP contribution in [0.15, 0.2) is 24.3 Å². The molecule has 0 radical (unpaired) electrons. The zero-order valence-corrected chi connectivity index (χ0v) is 17.5. The van der Waals surface area contributed by atoms with Gasteiger partial charge in [-0.2, -0.15) is 5.26 Å². The van der Waals surface area contributed by atoms with Gasteiger partial charge in [-0.15, -0.1) is 0 Å². The number of hydrogen-bond donors (Lipinski definition) is 1. The van der Waals surface area contributed by atoms with Crippen LogP contribution in [0.2, 0.25) is 0 Å². The van der Waals surface area contributed by atoms with Gasteiger partial charge in [0.25, 0.3) is 0 Å². The van der Waals surface area contributed by atoms with E-state index in [-0.39, 0.29) is 11.5 Å². The highest BCUT2D eigenvalue weighted by Gasteiger charge is 2.38. The summed E-state index contributed by atoms with van der Waals surface area (Å²) in [7, 11) is 0. The van der Waals surface area contributed by atoms with Gasteiger partial charge in [0.2, 0.25) is 0 Å². The number of nitriles is 1. The van der Waals surface area contributed by atoms with Crippen molar-refractivity contribution in [3.05, 3.63) is 35.4 Å². The number of rotatable bonds is 6. The molecule has 1 aliphatic heterocycles. The predicted octanol–water partition coefficient (Wildman–Crippen LogP) is 4.06. The Balaban J connectivity index is 1.64. The van der Waals surface area contributed by atoms with Gasteiger partial charge in [0.1, 0.15) is 5.60 Å². The molecule has 5 nitrogen and oxygen atoms in total. The number of carbonyl (C=O) groups excluding carboxylic acids is 1. The van der Waals surface area contributed by atoms with Gasteiger partial charge in [-0.05, 0) is 69.4 Å². The van der Waals surface area contributed by atoms with Crippen molar-refractivity contribution in [3.8, 4) is 6.07 Å². The van der Waals surface area contributed by atoms with Crippen LogP contribution in [0, 0.1) is 16.7 Å². The monoisotopic (exact) mass is 383 g/mol. The number of nitrogens with zero attached hydrogens (tertiary/aromatic N) is 2. The van der Waals surface area contributed by atoms with Crippen molar-refractivity contribution in [2.45, 2.75) is 70.9 Å². The average molecular weight is 384 g/mol. The Bertz CT molecular complexity index is 703. The molecule has 1 aliphatic carbocycles. The summed E-state index contributed by atoms with van der Waals surface area (Å²) >= 11 is 0. The molecule has 0 bridgehead atoms. The molecule has 0 unspecified atom stereocenters. The highest BCUT2D eigenvalue weighted by molar-refractivity contribution is 5.68. The van der Waals surface area contributed by atoms with Crippen LogP contribution in [0.5, 0.6) is 0 Å². The highest BCUT2D eigenvalue weighted by atomic mass is 16.6. The fraction of sp³-hybridized carbons (Fsp3) is 0.652. The lowest BCUT2D eigenvalue weighted by Crippen LogP contribution is -2.49. The average Bonchev–Trinajstić information content (AvgIpc) is 3.46. The molecule has 0 aromatic heterocycles. The van der Waals surface area contributed by atoms with Crippen LogP contribution >= 0.6 is 0 Å². The lowest BCUT2D eigenvalue weighted by atomic mass is 9.73. The molecule has 2 aliphatic rings. The standard InChI is InChI=1S/C23H33N3O2/c1-22(2,3)28-21(27)26-14-11-23(12-15-26,17-25-20-8-9-20)16-19-6-4-18(5-7-19)10-13-24/h4-7,20,25H,8-12,14-17H2,1-3H3. The van der Waals surface area contributed by atoms with Crippen LogP contribution in [0.1, 0.15) is 57.6 Å². The maximum atomic E-state index is 12.4. The van der Waals surface area contributed by atoms with Crippen LogP contribution < -0.4 is 5.32 Å². The van der Waals surface area contributed by atoms with Gasteiger partial charge in [-0.1, -0.05) is 24.3 Å². The Labute approximate surface area is 169 Å². The van der Waals surface area contributed by atoms with Crippen molar-refractivity contribution >= 4 is 6.09 Å². The van der Waals surface area contributed by atoms with Crippen molar-refractivity contribution in [3.63, 3.8) is 0 Å². The van der Waals surface area contributed by atoms with Crippen LogP contribution in [-0.4, -0.2) is 42.3 Å². The minimum Gasteiger partial charge on any atom is -0.444 e. The third-order valence-corrected chi connectivity index (χ3v) is 5.70. The maximum Gasteiger partial charge on any atom is 0.410 e. The van der Waals surface area contributed by atoms with E-state index < -0.39 is 5.60 Å². The molecule has 152 valence electrons. The molecule has 1 saturated heterocycles. The van der Waals surface area contributed by atoms with Crippen molar-refractivity contribution < 1.29 is 9.53 Å². The molecule has 28 heavy (non-hydrogen) atoms. The van der Waals surface area contributed by atoms with Gasteiger partial charge in [-0.25, -0.2) is 4.79 Å². The molecule has 1 N–H and O–H groups in total. The van der Waals surface area contributed by atoms with Crippen LogP contribution in [0.3, 0.4) is 0 Å². The summed E-state index contributed by atoms with van der Waals surface area (Å²) in [4.78, 5) is 14.3. The van der Waals surface area contributed by atoms with E-state index >= 15 is 0 Å². The largest absolute Gasteiger partial charge is 0.444 e. The lowest BCUT2D eigenvalue weighted by Gasteiger charge is -2.42. The predicted molar refractivity (Wildman–Crippen MR) is 110 cm³/mol. The maximum absolute atomic E-state index is 12.4. The Morgan fingerprint density at radius 2 is 1.82 bits per heavy atom. The van der Waals surface area contributed by atoms with Gasteiger partial charge >= 0.3 is 6.09 Å². The second-order valence-corrected chi connectivity index (χ2v) is 9.45. The van der Waals surface area contributed by atoms with Gasteiger partial charge in [0.05, 0.1) is 12.5 Å². The third-order valence-electron chi connectivity index (χ3n) is 5.70. The fourth-order valence-electron chi connectivity index (χ4n) is 3.85. The first-order valence-corrected chi connectivity index (χ1v) is 10.4. The fourth-order valence-corrected chi connectivity index (χ4v) is 3.85. The number of amides is 1. The van der Waals surface area contributed by atoms with Crippen molar-refractivity contribution in [1.82, 2.24) is 10.2 Å². The first-order chi connectivity index (χ1) is 13.3. The van der Waals surface area contributed by atoms with E-state index in [1.807, 2.05) is 25.7 Å². The molecular weight excluding hydrogens is 350 g/mol. The summed E-state index contributed by atoms with van der Waals surface area (Å²) in [5, 5.41) is 12.6. The normalized spacial score (nSPS) is 19.1. The first-order valence-electron chi connectivity index (χ1n) is 10.4. The number of nitrogens with one attached hydrogen (secondary N) is 1. The van der Waals surface area contributed by atoms with Crippen LogP contribution in [-0.2, 0) is 17.6 Å². The minimum atomic E-state index is -0.454. The molecule has 5 heteroatoms. The first kappa shape index (κ1) is 20.7. The molecule has 1 aromatic rings. The Morgan fingerprint density at radius 3 is 2.36 bits per heavy atom. The van der Waals surface area contributed by atoms with E-state index in [0.29, 0.717) is 12.5 Å². The molecule has 1 amide bonds. The van der Waals surface area contributed by atoms with Gasteiger partial charge < -0.3 is 15.0 Å². The topological polar surface area (TPSA) is 65.4 Å². The zero-order valence-electron chi connectivity index (χ0n) is 17.5. The number of piperidine rings is 1. The number of hydrogen-bond acceptors (Lipinski definition) is 4. The smallest absolute Gasteiger partial charge is 0.410 e. The molecular formula is C23H33N3O2. The van der Waals surface area contributed by atoms with E-state index in [1.54, 1.807) is 0 Å². The third kappa shape index (κ3) is 5.97. The molecule has 1 aromatic carbocycles. The van der Waals surface area contributed by atoms with Crippen molar-refractivity contribution in [2.24, 2.45) is 5.41 Å². The second-order valence-electron chi connectivity index (χ2n) is 9.45. The number of likely N-dealkylation sites (tertiary alicyclic amines) is 1. The van der Waals surface area contributed by atoms with Crippen LogP contribution in [0.4, 0.5) is 4.79 Å². The number of ether oxygens (including phenoxy) is 1. The highest BCUT2D eigenvalue weighted by Crippen LogP contribution is 2.36. The van der Waals surface area contributed by atoms with Crippen molar-refractivity contribution in [2.75, 3.05) is 19.6 Å². The Morgan fingerprint density at radius 1 is 1.21 bits per heavy atom. The summed E-state index contributed by atoms with van der Waals surface area (Å²) in [6, 6.07) is 11.3. The van der Waals surface area contributed by atoms with E-state index in [4.69, 9.17) is 10.00 Å². The van der Waals surface area contributed by atoms with E-state index in [0.717, 1.165) is 44.5 Å². The van der Waals surface area contributed by atoms with E-state index in [9.17, 15) is 4.79 Å². The molecule has 1 heterocycles. The van der Waals surface area contributed by atoms with Gasteiger partial charge in [0.15, 0.2) is 0 Å². The van der Waals surface area contributed by atoms with Crippen LogP contribution in [0.25, 0.3) is 0 Å². The van der Waals surface area contributed by atoms with Crippen molar-refractivity contribution in [1.29, 1.82) is 5.26 Å². The second kappa shape index (κ2) is 8.53. The quantitative estimate of drug-likeness (QED) is 0.804. The van der Waals surface area contributed by atoms with E-state index in [1.165, 1.54) is 18.4 Å². The van der Waals surface area contributed by atoms with Gasteiger partial charge in [0, 0.05) is 25.7 Å². The molecule has 1 saturated carbocycles. The molecule has 0 spiro atoms. The summed E-state index contributed by atoms with van der Waals surface area (Å²) in [5.41, 5.74) is 2.09. The zero-order chi connectivity index (χ0) is 20.2. The summed E-state index contributed by atoms with van der Waals surface area (Å²) < 4.78 is 5.55. The molecule has 3 rings (SSSR count). The summed E-state index contributed by atoms with van der Waals surface area (Å²) in [5.74, 6) is 0. The van der Waals surface area contributed by atoms with E-state index in [2.05, 4.69) is 35.7 Å². The molecule has 2 fully saturated rings. The van der Waals surface area contributed by atoms with Gasteiger partial charge in [-0.3, -0.25) is 0 Å². The number of benzene rings is 1. The Hall–Kier alpha value is -2.06. The summed E-state index contributed by atoms with van der Waals surface area (Å²) in [6.45, 7) is 8.22. The molecule has 0 atom stereocenters. The minimum absolute atomic E-state index is 0.165. The number of carbonyl (C=O) groups is 1. The lowest BCUT2D eigenvalue weighted by molar-refractivity contribution is 0.00992. The SMILES string of the molecule is CC(C)(C)OC(=O)N1CCC(CNC2CC2)(Cc2ccc(CC#N)cc2)CC1. The Kier molecular flexibility index (Phi) is 6.30. The summed E-state index contributed by atoms with van der Waals surface area (Å²) in [6.07, 6.45) is 5.78.